The number of thiocarbonyl (C=S) groups is 1. The minimum atomic E-state index is 0.926. The molecule has 0 unspecified atom stereocenters. The topological polar surface area (TPSA) is 3.24 Å². The third kappa shape index (κ3) is 1.85. The molecule has 17 heavy (non-hydrogen) atoms. The van der Waals surface area contributed by atoms with Gasteiger partial charge in [0.25, 0.3) is 0 Å². The molecule has 0 atom stereocenters. The van der Waals surface area contributed by atoms with Gasteiger partial charge in [0, 0.05) is 17.8 Å². The predicted molar refractivity (Wildman–Crippen MR) is 75.6 cm³/mol. The van der Waals surface area contributed by atoms with Gasteiger partial charge in [-0.3, -0.25) is 0 Å². The number of para-hydroxylation sites is 1. The van der Waals surface area contributed by atoms with Gasteiger partial charge in [0.1, 0.15) is 4.99 Å². The van der Waals surface area contributed by atoms with Gasteiger partial charge in [-0.1, -0.05) is 60.7 Å². The highest BCUT2D eigenvalue weighted by Crippen LogP contribution is 2.29. The van der Waals surface area contributed by atoms with Crippen LogP contribution >= 0.6 is 12.2 Å². The second-order valence-corrected chi connectivity index (χ2v) is 4.59. The van der Waals surface area contributed by atoms with Crippen molar-refractivity contribution in [1.82, 2.24) is 0 Å². The minimum absolute atomic E-state index is 0.926. The van der Waals surface area contributed by atoms with Crippen molar-refractivity contribution in [2.24, 2.45) is 0 Å². The number of hydrogen-bond donors (Lipinski definition) is 0. The van der Waals surface area contributed by atoms with Gasteiger partial charge in [-0.2, -0.15) is 0 Å². The Morgan fingerprint density at radius 3 is 2.47 bits per heavy atom. The van der Waals surface area contributed by atoms with E-state index in [0.717, 1.165) is 23.5 Å². The molecule has 0 aromatic heterocycles. The van der Waals surface area contributed by atoms with Crippen LogP contribution in [0.2, 0.25) is 0 Å². The van der Waals surface area contributed by atoms with E-state index >= 15 is 0 Å². The molecule has 2 aromatic carbocycles. The summed E-state index contributed by atoms with van der Waals surface area (Å²) in [5.74, 6) is 0. The van der Waals surface area contributed by atoms with Crippen molar-refractivity contribution in [2.75, 3.05) is 11.4 Å². The first-order chi connectivity index (χ1) is 8.36. The Labute approximate surface area is 107 Å². The van der Waals surface area contributed by atoms with Crippen molar-refractivity contribution < 1.29 is 0 Å². The summed E-state index contributed by atoms with van der Waals surface area (Å²) in [5.41, 5.74) is 3.78. The van der Waals surface area contributed by atoms with Crippen LogP contribution in [0, 0.1) is 0 Å². The van der Waals surface area contributed by atoms with Crippen LogP contribution in [0.5, 0.6) is 0 Å². The lowest BCUT2D eigenvalue weighted by Gasteiger charge is -2.20. The summed E-state index contributed by atoms with van der Waals surface area (Å²) in [4.78, 5) is 3.16. The van der Waals surface area contributed by atoms with Crippen LogP contribution in [0.4, 0.5) is 5.69 Å². The normalized spacial score (nSPS) is 13.5. The molecule has 0 N–H and O–H groups in total. The fourth-order valence-corrected chi connectivity index (χ4v) is 2.61. The van der Waals surface area contributed by atoms with Crippen molar-refractivity contribution in [3.8, 4) is 0 Å². The predicted octanol–water partition coefficient (Wildman–Crippen LogP) is 3.42. The quantitative estimate of drug-likeness (QED) is 0.701. The van der Waals surface area contributed by atoms with E-state index in [1.807, 2.05) is 18.2 Å². The lowest BCUT2D eigenvalue weighted by Crippen LogP contribution is -2.27. The van der Waals surface area contributed by atoms with Crippen molar-refractivity contribution in [3.63, 3.8) is 0 Å². The average molecular weight is 239 g/mol. The van der Waals surface area contributed by atoms with Gasteiger partial charge in [-0.05, 0) is 18.1 Å². The molecule has 0 aliphatic carbocycles. The van der Waals surface area contributed by atoms with Crippen LogP contribution in [0.1, 0.15) is 11.1 Å². The molecular formula is C15H13NS. The molecule has 0 bridgehead atoms. The van der Waals surface area contributed by atoms with Crippen molar-refractivity contribution in [2.45, 2.75) is 6.42 Å². The molecule has 0 saturated carbocycles. The minimum Gasteiger partial charge on any atom is -0.332 e. The Morgan fingerprint density at radius 2 is 1.65 bits per heavy atom. The third-order valence-electron chi connectivity index (χ3n) is 3.15. The smallest absolute Gasteiger partial charge is 0.113 e. The van der Waals surface area contributed by atoms with E-state index in [0.29, 0.717) is 0 Å². The summed E-state index contributed by atoms with van der Waals surface area (Å²) in [5, 5.41) is 0. The highest BCUT2D eigenvalue weighted by molar-refractivity contribution is 7.81. The summed E-state index contributed by atoms with van der Waals surface area (Å²) in [7, 11) is 0. The van der Waals surface area contributed by atoms with Gasteiger partial charge >= 0.3 is 0 Å². The van der Waals surface area contributed by atoms with Crippen LogP contribution in [-0.2, 0) is 6.42 Å². The molecule has 1 heterocycles. The van der Waals surface area contributed by atoms with E-state index in [9.17, 15) is 0 Å². The van der Waals surface area contributed by atoms with Gasteiger partial charge in [0.2, 0.25) is 0 Å². The standard InChI is InChI=1S/C15H13NS/c17-15(13-7-2-1-3-8-13)16-11-10-12-6-4-5-9-14(12)16/h1-9H,10-11H2. The van der Waals surface area contributed by atoms with Gasteiger partial charge in [-0.15, -0.1) is 0 Å². The van der Waals surface area contributed by atoms with Gasteiger partial charge in [0.05, 0.1) is 0 Å². The van der Waals surface area contributed by atoms with Crippen LogP contribution in [0.15, 0.2) is 54.6 Å². The summed E-state index contributed by atoms with van der Waals surface area (Å²) in [6, 6.07) is 18.7. The highest BCUT2D eigenvalue weighted by Gasteiger charge is 2.21. The van der Waals surface area contributed by atoms with E-state index in [1.165, 1.54) is 11.3 Å². The zero-order chi connectivity index (χ0) is 11.7. The van der Waals surface area contributed by atoms with E-state index in [4.69, 9.17) is 12.2 Å². The number of anilines is 1. The van der Waals surface area contributed by atoms with E-state index < -0.39 is 0 Å². The second kappa shape index (κ2) is 4.30. The molecule has 0 amide bonds. The Morgan fingerprint density at radius 1 is 0.941 bits per heavy atom. The zero-order valence-electron chi connectivity index (χ0n) is 9.47. The highest BCUT2D eigenvalue weighted by atomic mass is 32.1. The molecule has 2 heteroatoms. The van der Waals surface area contributed by atoms with Crippen LogP contribution in [0.3, 0.4) is 0 Å². The summed E-state index contributed by atoms with van der Waals surface area (Å²) in [6.07, 6.45) is 1.09. The summed E-state index contributed by atoms with van der Waals surface area (Å²) < 4.78 is 0. The first-order valence-corrected chi connectivity index (χ1v) is 6.22. The SMILES string of the molecule is S=C(c1ccccc1)N1CCc2ccccc21. The maximum atomic E-state index is 5.58. The average Bonchev–Trinajstić information content (AvgIpc) is 2.83. The molecule has 1 nitrogen and oxygen atoms in total. The molecule has 0 saturated heterocycles. The fraction of sp³-hybridized carbons (Fsp3) is 0.133. The number of hydrogen-bond acceptors (Lipinski definition) is 1. The Kier molecular flexibility index (Phi) is 2.65. The maximum Gasteiger partial charge on any atom is 0.113 e. The molecule has 0 spiro atoms. The Balaban J connectivity index is 1.95. The molecule has 0 radical (unpaired) electrons. The Bertz CT molecular complexity index is 548. The lowest BCUT2D eigenvalue weighted by atomic mass is 10.1. The summed E-state index contributed by atoms with van der Waals surface area (Å²) in [6.45, 7) is 0.993. The van der Waals surface area contributed by atoms with Gasteiger partial charge in [0.15, 0.2) is 0 Å². The maximum absolute atomic E-state index is 5.58. The van der Waals surface area contributed by atoms with Crippen molar-refractivity contribution in [1.29, 1.82) is 0 Å². The molecule has 1 aliphatic rings. The van der Waals surface area contributed by atoms with Gasteiger partial charge < -0.3 is 4.90 Å². The van der Waals surface area contributed by atoms with E-state index in [1.54, 1.807) is 0 Å². The summed E-state index contributed by atoms with van der Waals surface area (Å²) >= 11 is 5.58. The fourth-order valence-electron chi connectivity index (χ4n) is 2.29. The first-order valence-electron chi connectivity index (χ1n) is 5.81. The number of benzene rings is 2. The molecule has 84 valence electrons. The second-order valence-electron chi connectivity index (χ2n) is 4.20. The number of fused-ring (bicyclic) bond motifs is 1. The van der Waals surface area contributed by atoms with Crippen LogP contribution in [-0.4, -0.2) is 11.5 Å². The monoisotopic (exact) mass is 239 g/mol. The molecule has 3 rings (SSSR count). The van der Waals surface area contributed by atoms with Crippen molar-refractivity contribution in [3.05, 3.63) is 65.7 Å². The number of rotatable bonds is 1. The van der Waals surface area contributed by atoms with Crippen LogP contribution in [0.25, 0.3) is 0 Å². The van der Waals surface area contributed by atoms with E-state index in [2.05, 4.69) is 41.3 Å². The number of nitrogens with zero attached hydrogens (tertiary/aromatic N) is 1. The van der Waals surface area contributed by atoms with Crippen molar-refractivity contribution >= 4 is 22.9 Å². The largest absolute Gasteiger partial charge is 0.332 e. The van der Waals surface area contributed by atoms with Crippen LogP contribution < -0.4 is 4.90 Å². The van der Waals surface area contributed by atoms with E-state index in [-0.39, 0.29) is 0 Å². The first kappa shape index (κ1) is 10.5. The zero-order valence-corrected chi connectivity index (χ0v) is 10.3. The third-order valence-corrected chi connectivity index (χ3v) is 3.61. The molecule has 2 aromatic rings. The molecule has 0 fully saturated rings. The van der Waals surface area contributed by atoms with Gasteiger partial charge in [-0.25, -0.2) is 0 Å². The Hall–Kier alpha value is -1.67. The molecular weight excluding hydrogens is 226 g/mol. The molecule has 1 aliphatic heterocycles. The lowest BCUT2D eigenvalue weighted by molar-refractivity contribution is 1.03.